The number of hydrogen-bond acceptors (Lipinski definition) is 7. The molecule has 3 amide bonds. The first-order valence-corrected chi connectivity index (χ1v) is 15.1. The van der Waals surface area contributed by atoms with Gasteiger partial charge in [0, 0.05) is 36.3 Å². The van der Waals surface area contributed by atoms with E-state index in [-0.39, 0.29) is 54.5 Å². The Balaban J connectivity index is 1.24. The highest BCUT2D eigenvalue weighted by Gasteiger charge is 2.48. The Bertz CT molecular complexity index is 1200. The quantitative estimate of drug-likeness (QED) is 0.393. The number of ether oxygens (including phenoxy) is 1. The van der Waals surface area contributed by atoms with E-state index in [1.807, 2.05) is 18.0 Å². The van der Waals surface area contributed by atoms with E-state index in [0.717, 1.165) is 49.8 Å². The highest BCUT2D eigenvalue weighted by atomic mass is 16.6. The van der Waals surface area contributed by atoms with E-state index < -0.39 is 12.1 Å². The number of fused-ring (bicyclic) bond motifs is 3. The van der Waals surface area contributed by atoms with Gasteiger partial charge in [-0.05, 0) is 63.8 Å². The molecule has 4 aliphatic rings. The molecule has 222 valence electrons. The zero-order valence-corrected chi connectivity index (χ0v) is 24.4. The Labute approximate surface area is 242 Å². The van der Waals surface area contributed by atoms with Gasteiger partial charge in [0.2, 0.25) is 11.8 Å². The minimum atomic E-state index is -0.508. The van der Waals surface area contributed by atoms with Crippen molar-refractivity contribution >= 4 is 23.7 Å². The van der Waals surface area contributed by atoms with Crippen molar-refractivity contribution in [3.8, 4) is 0 Å². The SMILES string of the molecule is CC/C=C(/NC1CCCCC2CCC(C(=O)NCc3cccc(C(=O)N4CC5CC4C(=O)O5)c3)N2C1=O)C(C)NC. The van der Waals surface area contributed by atoms with Crippen LogP contribution < -0.4 is 16.0 Å². The molecule has 0 spiro atoms. The number of likely N-dealkylation sites (N-methyl/N-ethyl adjacent to an activating group) is 1. The second-order valence-corrected chi connectivity index (χ2v) is 11.7. The van der Waals surface area contributed by atoms with Crippen LogP contribution in [0.5, 0.6) is 0 Å². The van der Waals surface area contributed by atoms with E-state index in [1.54, 1.807) is 23.1 Å². The van der Waals surface area contributed by atoms with Crippen molar-refractivity contribution in [2.75, 3.05) is 13.6 Å². The standard InChI is InChI=1S/C31H43N5O5/c1-4-8-24(19(2)32-3)34-25-12-6-5-11-22-13-14-26(36(22)30(25)39)28(37)33-17-20-9-7-10-21(15-20)29(38)35-18-23-16-27(35)31(40)41-23/h7-10,15,19,22-23,25-27,32,34H,4-6,11-14,16-18H2,1-3H3,(H,33,37)/b24-8+. The molecule has 6 unspecified atom stereocenters. The Morgan fingerprint density at radius 3 is 2.68 bits per heavy atom. The van der Waals surface area contributed by atoms with Gasteiger partial charge in [0.15, 0.2) is 0 Å². The number of morpholine rings is 1. The summed E-state index contributed by atoms with van der Waals surface area (Å²) in [5.74, 6) is -0.693. The van der Waals surface area contributed by atoms with Crippen LogP contribution in [0.1, 0.15) is 81.1 Å². The Kier molecular flexibility index (Phi) is 8.97. The van der Waals surface area contributed by atoms with Crippen LogP contribution >= 0.6 is 0 Å². The summed E-state index contributed by atoms with van der Waals surface area (Å²) in [6, 6.07) is 5.95. The number of amides is 3. The van der Waals surface area contributed by atoms with Crippen molar-refractivity contribution in [1.29, 1.82) is 0 Å². The van der Waals surface area contributed by atoms with Crippen LogP contribution in [0.15, 0.2) is 36.0 Å². The molecule has 4 aliphatic heterocycles. The number of rotatable bonds is 9. The van der Waals surface area contributed by atoms with Crippen molar-refractivity contribution < 1.29 is 23.9 Å². The number of likely N-dealkylation sites (tertiary alicyclic amines) is 1. The lowest BCUT2D eigenvalue weighted by Gasteiger charge is -2.36. The number of benzene rings is 1. The van der Waals surface area contributed by atoms with Gasteiger partial charge in [0.05, 0.1) is 6.54 Å². The van der Waals surface area contributed by atoms with Crippen LogP contribution in [-0.4, -0.2) is 83.4 Å². The van der Waals surface area contributed by atoms with Gasteiger partial charge in [-0.1, -0.05) is 38.0 Å². The molecule has 4 fully saturated rings. The maximum absolute atomic E-state index is 13.9. The number of nitrogens with zero attached hydrogens (tertiary/aromatic N) is 2. The van der Waals surface area contributed by atoms with Gasteiger partial charge in [-0.25, -0.2) is 4.79 Å². The largest absolute Gasteiger partial charge is 0.459 e. The summed E-state index contributed by atoms with van der Waals surface area (Å²) in [6.45, 7) is 4.82. The second-order valence-electron chi connectivity index (χ2n) is 11.7. The third-order valence-corrected chi connectivity index (χ3v) is 9.02. The molecule has 1 aromatic carbocycles. The van der Waals surface area contributed by atoms with Crippen molar-refractivity contribution in [3.05, 3.63) is 47.2 Å². The number of esters is 1. The minimum absolute atomic E-state index is 0.00342. The molecule has 4 saturated heterocycles. The molecule has 6 atom stereocenters. The third-order valence-electron chi connectivity index (χ3n) is 9.02. The normalized spacial score (nSPS) is 28.6. The third kappa shape index (κ3) is 6.12. The van der Waals surface area contributed by atoms with Crippen LogP contribution in [0.4, 0.5) is 0 Å². The average Bonchev–Trinajstić information content (AvgIpc) is 3.69. The lowest BCUT2D eigenvalue weighted by Crippen LogP contribution is -2.56. The fourth-order valence-corrected chi connectivity index (χ4v) is 6.72. The first kappa shape index (κ1) is 29.1. The van der Waals surface area contributed by atoms with E-state index >= 15 is 0 Å². The van der Waals surface area contributed by atoms with Gasteiger partial charge in [0.1, 0.15) is 24.2 Å². The molecule has 0 aromatic heterocycles. The number of carbonyl (C=O) groups is 4. The zero-order chi connectivity index (χ0) is 29.1. The number of hydrogen-bond donors (Lipinski definition) is 3. The summed E-state index contributed by atoms with van der Waals surface area (Å²) in [6.07, 6.45) is 8.47. The van der Waals surface area contributed by atoms with Gasteiger partial charge >= 0.3 is 5.97 Å². The van der Waals surface area contributed by atoms with Gasteiger partial charge in [-0.3, -0.25) is 14.4 Å². The average molecular weight is 566 g/mol. The van der Waals surface area contributed by atoms with Crippen molar-refractivity contribution in [2.24, 2.45) is 0 Å². The number of allylic oxidation sites excluding steroid dienone is 1. The maximum Gasteiger partial charge on any atom is 0.329 e. The molecular weight excluding hydrogens is 522 g/mol. The van der Waals surface area contributed by atoms with Crippen molar-refractivity contribution in [1.82, 2.24) is 25.8 Å². The number of carbonyl (C=O) groups excluding carboxylic acids is 4. The van der Waals surface area contributed by atoms with E-state index in [2.05, 4.69) is 35.9 Å². The first-order chi connectivity index (χ1) is 19.8. The van der Waals surface area contributed by atoms with Crippen molar-refractivity contribution in [2.45, 2.75) is 108 Å². The van der Waals surface area contributed by atoms with E-state index in [4.69, 9.17) is 4.74 Å². The summed E-state index contributed by atoms with van der Waals surface area (Å²) >= 11 is 0. The summed E-state index contributed by atoms with van der Waals surface area (Å²) in [5.41, 5.74) is 2.29. The van der Waals surface area contributed by atoms with Crippen molar-refractivity contribution in [3.63, 3.8) is 0 Å². The molecule has 0 saturated carbocycles. The topological polar surface area (TPSA) is 120 Å². The van der Waals surface area contributed by atoms with Gasteiger partial charge in [-0.2, -0.15) is 0 Å². The Hall–Kier alpha value is -3.40. The Morgan fingerprint density at radius 1 is 1.15 bits per heavy atom. The molecule has 5 rings (SSSR count). The molecule has 0 aliphatic carbocycles. The van der Waals surface area contributed by atoms with Crippen LogP contribution in [0, 0.1) is 0 Å². The summed E-state index contributed by atoms with van der Waals surface area (Å²) < 4.78 is 5.21. The summed E-state index contributed by atoms with van der Waals surface area (Å²) in [4.78, 5) is 55.9. The van der Waals surface area contributed by atoms with Crippen LogP contribution in [-0.2, 0) is 25.7 Å². The van der Waals surface area contributed by atoms with E-state index in [9.17, 15) is 19.2 Å². The fourth-order valence-electron chi connectivity index (χ4n) is 6.72. The highest BCUT2D eigenvalue weighted by Crippen LogP contribution is 2.32. The van der Waals surface area contributed by atoms with E-state index in [1.165, 1.54) is 0 Å². The molecule has 10 heteroatoms. The minimum Gasteiger partial charge on any atom is -0.459 e. The lowest BCUT2D eigenvalue weighted by atomic mass is 9.98. The molecule has 3 N–H and O–H groups in total. The molecular formula is C31H43N5O5. The zero-order valence-electron chi connectivity index (χ0n) is 24.4. The first-order valence-electron chi connectivity index (χ1n) is 15.1. The molecule has 1 aromatic rings. The number of nitrogens with one attached hydrogen (secondary N) is 3. The Morgan fingerprint density at radius 2 is 1.95 bits per heavy atom. The maximum atomic E-state index is 13.9. The van der Waals surface area contributed by atoms with Crippen LogP contribution in [0.3, 0.4) is 0 Å². The summed E-state index contributed by atoms with van der Waals surface area (Å²) in [7, 11) is 1.91. The summed E-state index contributed by atoms with van der Waals surface area (Å²) in [5, 5.41) is 9.81. The van der Waals surface area contributed by atoms with Gasteiger partial charge in [0.25, 0.3) is 5.91 Å². The monoisotopic (exact) mass is 565 g/mol. The fraction of sp³-hybridized carbons (Fsp3) is 0.613. The van der Waals surface area contributed by atoms with Crippen LogP contribution in [0.2, 0.25) is 0 Å². The lowest BCUT2D eigenvalue weighted by molar-refractivity contribution is -0.149. The predicted octanol–water partition coefficient (Wildman–Crippen LogP) is 2.24. The molecule has 4 heterocycles. The van der Waals surface area contributed by atoms with Gasteiger partial charge in [-0.15, -0.1) is 0 Å². The smallest absolute Gasteiger partial charge is 0.329 e. The van der Waals surface area contributed by atoms with Crippen LogP contribution in [0.25, 0.3) is 0 Å². The second kappa shape index (κ2) is 12.6. The molecule has 2 bridgehead atoms. The predicted molar refractivity (Wildman–Crippen MR) is 154 cm³/mol. The highest BCUT2D eigenvalue weighted by molar-refractivity contribution is 5.98. The molecule has 0 radical (unpaired) electrons. The van der Waals surface area contributed by atoms with E-state index in [0.29, 0.717) is 24.9 Å². The van der Waals surface area contributed by atoms with Gasteiger partial charge < -0.3 is 30.5 Å². The molecule has 41 heavy (non-hydrogen) atoms. The molecule has 10 nitrogen and oxygen atoms in total.